The van der Waals surface area contributed by atoms with E-state index in [1.54, 1.807) is 7.11 Å². The molecule has 16 heavy (non-hydrogen) atoms. The van der Waals surface area contributed by atoms with Crippen molar-refractivity contribution in [3.63, 3.8) is 0 Å². The first-order valence-corrected chi connectivity index (χ1v) is 5.68. The third kappa shape index (κ3) is 2.67. The molecule has 1 aromatic rings. The van der Waals surface area contributed by atoms with Crippen molar-refractivity contribution >= 4 is 0 Å². The number of phenolic OH excluding ortho intramolecular Hbond substituents is 1. The minimum Gasteiger partial charge on any atom is -0.504 e. The molecule has 0 heterocycles. The SMILES string of the molecule is COc1c(CCCCN)cc(C)c(C)c1O. The number of rotatable bonds is 5. The van der Waals surface area contributed by atoms with Crippen LogP contribution in [0.15, 0.2) is 6.07 Å². The molecule has 0 bridgehead atoms. The Morgan fingerprint density at radius 1 is 1.31 bits per heavy atom. The number of unbranched alkanes of at least 4 members (excludes halogenated alkanes) is 1. The minimum absolute atomic E-state index is 0.269. The Morgan fingerprint density at radius 3 is 2.56 bits per heavy atom. The second kappa shape index (κ2) is 5.75. The largest absolute Gasteiger partial charge is 0.504 e. The van der Waals surface area contributed by atoms with E-state index in [9.17, 15) is 5.11 Å². The van der Waals surface area contributed by atoms with Gasteiger partial charge in [-0.2, -0.15) is 0 Å². The third-order valence-corrected chi connectivity index (χ3v) is 2.95. The lowest BCUT2D eigenvalue weighted by atomic mass is 9.99. The summed E-state index contributed by atoms with van der Waals surface area (Å²) in [5, 5.41) is 9.97. The van der Waals surface area contributed by atoms with Gasteiger partial charge >= 0.3 is 0 Å². The summed E-state index contributed by atoms with van der Waals surface area (Å²) in [4.78, 5) is 0. The maximum atomic E-state index is 9.97. The number of aryl methyl sites for hydroxylation is 2. The predicted molar refractivity (Wildman–Crippen MR) is 66.1 cm³/mol. The summed E-state index contributed by atoms with van der Waals surface area (Å²) in [6, 6.07) is 2.09. The second-order valence-electron chi connectivity index (χ2n) is 4.11. The van der Waals surface area contributed by atoms with E-state index in [1.165, 1.54) is 0 Å². The molecule has 0 atom stereocenters. The van der Waals surface area contributed by atoms with Crippen LogP contribution < -0.4 is 10.5 Å². The van der Waals surface area contributed by atoms with E-state index in [4.69, 9.17) is 10.5 Å². The van der Waals surface area contributed by atoms with E-state index in [2.05, 4.69) is 6.07 Å². The molecule has 0 aliphatic rings. The zero-order chi connectivity index (χ0) is 12.1. The summed E-state index contributed by atoms with van der Waals surface area (Å²) in [5.74, 6) is 0.880. The second-order valence-corrected chi connectivity index (χ2v) is 4.11. The zero-order valence-electron chi connectivity index (χ0n) is 10.3. The van der Waals surface area contributed by atoms with Crippen molar-refractivity contribution in [1.29, 1.82) is 0 Å². The van der Waals surface area contributed by atoms with E-state index in [1.807, 2.05) is 13.8 Å². The highest BCUT2D eigenvalue weighted by molar-refractivity contribution is 5.53. The molecule has 0 amide bonds. The van der Waals surface area contributed by atoms with Crippen LogP contribution in [-0.4, -0.2) is 18.8 Å². The molecule has 3 nitrogen and oxygen atoms in total. The van der Waals surface area contributed by atoms with E-state index in [-0.39, 0.29) is 5.75 Å². The first-order chi connectivity index (χ1) is 7.61. The van der Waals surface area contributed by atoms with Gasteiger partial charge in [0.1, 0.15) is 0 Å². The molecule has 1 aromatic carbocycles. The van der Waals surface area contributed by atoms with Crippen molar-refractivity contribution < 1.29 is 9.84 Å². The molecule has 0 fully saturated rings. The van der Waals surface area contributed by atoms with Gasteiger partial charge < -0.3 is 15.6 Å². The minimum atomic E-state index is 0.269. The zero-order valence-corrected chi connectivity index (χ0v) is 10.3. The van der Waals surface area contributed by atoms with Gasteiger partial charge in [-0.1, -0.05) is 6.07 Å². The van der Waals surface area contributed by atoms with Crippen LogP contribution in [0.5, 0.6) is 11.5 Å². The Kier molecular flexibility index (Phi) is 4.62. The Bertz CT molecular complexity index is 361. The molecule has 3 heteroatoms. The fraction of sp³-hybridized carbons (Fsp3) is 0.538. The predicted octanol–water partition coefficient (Wildman–Crippen LogP) is 2.30. The molecule has 0 unspecified atom stereocenters. The van der Waals surface area contributed by atoms with Gasteiger partial charge in [-0.15, -0.1) is 0 Å². The molecule has 0 radical (unpaired) electrons. The highest BCUT2D eigenvalue weighted by atomic mass is 16.5. The molecular formula is C13H21NO2. The van der Waals surface area contributed by atoms with Gasteiger partial charge in [0.15, 0.2) is 11.5 Å². The molecule has 90 valence electrons. The standard InChI is InChI=1S/C13H21NO2/c1-9-8-11(6-4-5-7-14)13(16-3)12(15)10(9)2/h8,15H,4-7,14H2,1-3H3. The van der Waals surface area contributed by atoms with Crippen LogP contribution in [0.4, 0.5) is 0 Å². The summed E-state index contributed by atoms with van der Waals surface area (Å²) in [6.07, 6.45) is 2.92. The number of hydrogen-bond acceptors (Lipinski definition) is 3. The van der Waals surface area contributed by atoms with Crippen molar-refractivity contribution in [1.82, 2.24) is 0 Å². The highest BCUT2D eigenvalue weighted by Gasteiger charge is 2.13. The van der Waals surface area contributed by atoms with Crippen molar-refractivity contribution in [3.8, 4) is 11.5 Å². The molecule has 3 N–H and O–H groups in total. The maximum absolute atomic E-state index is 9.97. The Hall–Kier alpha value is -1.22. The van der Waals surface area contributed by atoms with Gasteiger partial charge in [-0.05, 0) is 56.3 Å². The smallest absolute Gasteiger partial charge is 0.163 e. The van der Waals surface area contributed by atoms with Gasteiger partial charge in [-0.25, -0.2) is 0 Å². The van der Waals surface area contributed by atoms with Gasteiger partial charge in [0.25, 0.3) is 0 Å². The van der Waals surface area contributed by atoms with Crippen molar-refractivity contribution in [3.05, 3.63) is 22.8 Å². The van der Waals surface area contributed by atoms with E-state index < -0.39 is 0 Å². The van der Waals surface area contributed by atoms with Crippen LogP contribution in [0.25, 0.3) is 0 Å². The summed E-state index contributed by atoms with van der Waals surface area (Å²) in [7, 11) is 1.59. The van der Waals surface area contributed by atoms with Crippen LogP contribution >= 0.6 is 0 Å². The van der Waals surface area contributed by atoms with Gasteiger partial charge in [-0.3, -0.25) is 0 Å². The van der Waals surface area contributed by atoms with Crippen molar-refractivity contribution in [2.75, 3.05) is 13.7 Å². The van der Waals surface area contributed by atoms with Crippen molar-refractivity contribution in [2.45, 2.75) is 33.1 Å². The Balaban J connectivity index is 2.98. The number of ether oxygens (including phenoxy) is 1. The molecule has 1 rings (SSSR count). The van der Waals surface area contributed by atoms with E-state index in [0.29, 0.717) is 12.3 Å². The maximum Gasteiger partial charge on any atom is 0.163 e. The average molecular weight is 223 g/mol. The highest BCUT2D eigenvalue weighted by Crippen LogP contribution is 2.36. The Labute approximate surface area is 97.2 Å². The van der Waals surface area contributed by atoms with Crippen molar-refractivity contribution in [2.24, 2.45) is 5.73 Å². The van der Waals surface area contributed by atoms with Gasteiger partial charge in [0.2, 0.25) is 0 Å². The lowest BCUT2D eigenvalue weighted by Gasteiger charge is -2.14. The number of benzene rings is 1. The average Bonchev–Trinajstić information content (AvgIpc) is 2.27. The van der Waals surface area contributed by atoms with Crippen LogP contribution in [0.2, 0.25) is 0 Å². The first-order valence-electron chi connectivity index (χ1n) is 5.68. The lowest BCUT2D eigenvalue weighted by molar-refractivity contribution is 0.366. The molecule has 0 saturated carbocycles. The molecule has 0 spiro atoms. The quantitative estimate of drug-likeness (QED) is 0.753. The molecule has 0 aliphatic carbocycles. The number of hydrogen-bond donors (Lipinski definition) is 2. The summed E-state index contributed by atoms with van der Waals surface area (Å²) in [6.45, 7) is 4.61. The van der Waals surface area contributed by atoms with Crippen LogP contribution in [0.3, 0.4) is 0 Å². The number of methoxy groups -OCH3 is 1. The summed E-state index contributed by atoms with van der Waals surface area (Å²) < 4.78 is 5.26. The van der Waals surface area contributed by atoms with Crippen LogP contribution in [-0.2, 0) is 6.42 Å². The first kappa shape index (κ1) is 12.8. The molecule has 0 aromatic heterocycles. The fourth-order valence-electron chi connectivity index (χ4n) is 1.82. The monoisotopic (exact) mass is 223 g/mol. The number of aromatic hydroxyl groups is 1. The fourth-order valence-corrected chi connectivity index (χ4v) is 1.82. The van der Waals surface area contributed by atoms with E-state index in [0.717, 1.165) is 36.0 Å². The van der Waals surface area contributed by atoms with E-state index >= 15 is 0 Å². The number of phenols is 1. The van der Waals surface area contributed by atoms with Crippen LogP contribution in [0.1, 0.15) is 29.5 Å². The number of nitrogens with two attached hydrogens (primary N) is 1. The molecular weight excluding hydrogens is 202 g/mol. The molecule has 0 saturated heterocycles. The molecule has 0 aliphatic heterocycles. The normalized spacial score (nSPS) is 10.5. The third-order valence-electron chi connectivity index (χ3n) is 2.95. The summed E-state index contributed by atoms with van der Waals surface area (Å²) in [5.41, 5.74) is 8.52. The van der Waals surface area contributed by atoms with Gasteiger partial charge in [0, 0.05) is 0 Å². The lowest BCUT2D eigenvalue weighted by Crippen LogP contribution is -2.01. The van der Waals surface area contributed by atoms with Gasteiger partial charge in [0.05, 0.1) is 7.11 Å². The van der Waals surface area contributed by atoms with Crippen LogP contribution in [0, 0.1) is 13.8 Å². The summed E-state index contributed by atoms with van der Waals surface area (Å²) >= 11 is 0. The Morgan fingerprint density at radius 2 is 2.00 bits per heavy atom. The topological polar surface area (TPSA) is 55.5 Å².